The Morgan fingerprint density at radius 1 is 0.909 bits per heavy atom. The Bertz CT molecular complexity index is 982. The Labute approximate surface area is 195 Å². The molecular weight excluding hydrogens is 418 g/mol. The molecule has 0 aromatic heterocycles. The average Bonchev–Trinajstić information content (AvgIpc) is 3.46. The summed E-state index contributed by atoms with van der Waals surface area (Å²) in [5.74, 6) is 0.485. The molecule has 0 atom stereocenters. The maximum atomic E-state index is 12.9. The molecule has 2 fully saturated rings. The number of benzene rings is 1. The summed E-state index contributed by atoms with van der Waals surface area (Å²) in [5.41, 5.74) is 1.92. The van der Waals surface area contributed by atoms with E-state index in [1.807, 2.05) is 53.1 Å². The Balaban J connectivity index is 1.33. The highest BCUT2D eigenvalue weighted by Crippen LogP contribution is 2.40. The molecule has 1 aromatic rings. The van der Waals surface area contributed by atoms with Crippen LogP contribution in [0.1, 0.15) is 38.5 Å². The Morgan fingerprint density at radius 3 is 2.00 bits per heavy atom. The average molecular weight is 450 g/mol. The van der Waals surface area contributed by atoms with E-state index in [2.05, 4.69) is 6.07 Å². The molecule has 0 bridgehead atoms. The largest absolute Gasteiger partial charge is 0.339 e. The zero-order valence-electron chi connectivity index (χ0n) is 19.4. The van der Waals surface area contributed by atoms with Crippen molar-refractivity contribution in [1.29, 1.82) is 5.26 Å². The summed E-state index contributed by atoms with van der Waals surface area (Å²) in [6, 6.07) is 9.78. The van der Waals surface area contributed by atoms with Crippen LogP contribution in [0.25, 0.3) is 0 Å². The number of rotatable bonds is 5. The highest BCUT2D eigenvalue weighted by atomic mass is 16.2. The minimum atomic E-state index is -0.331. The summed E-state index contributed by atoms with van der Waals surface area (Å²) in [6.07, 6.45) is 4.26. The number of piperazine rings is 1. The lowest BCUT2D eigenvalue weighted by Crippen LogP contribution is -2.51. The molecule has 1 saturated heterocycles. The van der Waals surface area contributed by atoms with Crippen LogP contribution in [0.2, 0.25) is 0 Å². The van der Waals surface area contributed by atoms with Gasteiger partial charge in [-0.1, -0.05) is 25.0 Å². The Morgan fingerprint density at radius 2 is 1.45 bits per heavy atom. The van der Waals surface area contributed by atoms with Crippen molar-refractivity contribution < 1.29 is 14.4 Å². The van der Waals surface area contributed by atoms with E-state index in [9.17, 15) is 19.6 Å². The van der Waals surface area contributed by atoms with Crippen LogP contribution in [0.5, 0.6) is 0 Å². The molecule has 1 saturated carbocycles. The van der Waals surface area contributed by atoms with Crippen LogP contribution >= 0.6 is 0 Å². The van der Waals surface area contributed by atoms with Gasteiger partial charge in [0.05, 0.1) is 11.4 Å². The molecule has 1 aliphatic carbocycles. The number of hydrogen-bond donors (Lipinski definition) is 0. The monoisotopic (exact) mass is 449 g/mol. The standard InChI is InChI=1S/C25H31N5O3/c1-27-20-9-5-6-10-21(20)28(2)24(27)19(17-26)22(31)11-12-23(32)29-13-15-30(16-14-29)25(33)18-7-3-4-8-18/h5-6,9-10,18H,3-4,7-8,11-16H2,1-2H3. The number of fused-ring (bicyclic) bond motifs is 1. The number of Topliss-reactive ketones (excluding diaryl/α,β-unsaturated/α-hetero) is 1. The van der Waals surface area contributed by atoms with Gasteiger partial charge >= 0.3 is 0 Å². The smallest absolute Gasteiger partial charge is 0.225 e. The minimum Gasteiger partial charge on any atom is -0.339 e. The van der Waals surface area contributed by atoms with Crippen molar-refractivity contribution in [3.05, 3.63) is 35.7 Å². The van der Waals surface area contributed by atoms with E-state index >= 15 is 0 Å². The van der Waals surface area contributed by atoms with Crippen molar-refractivity contribution in [2.24, 2.45) is 5.92 Å². The summed E-state index contributed by atoms with van der Waals surface area (Å²) in [5, 5.41) is 9.74. The van der Waals surface area contributed by atoms with Gasteiger partial charge in [0, 0.05) is 59.0 Å². The van der Waals surface area contributed by atoms with Gasteiger partial charge in [0.25, 0.3) is 0 Å². The van der Waals surface area contributed by atoms with E-state index in [-0.39, 0.29) is 41.9 Å². The fourth-order valence-corrected chi connectivity index (χ4v) is 5.17. The van der Waals surface area contributed by atoms with Gasteiger partial charge in [-0.15, -0.1) is 0 Å². The molecule has 0 N–H and O–H groups in total. The fourth-order valence-electron chi connectivity index (χ4n) is 5.17. The number of para-hydroxylation sites is 2. The number of nitrogens with zero attached hydrogens (tertiary/aromatic N) is 5. The summed E-state index contributed by atoms with van der Waals surface area (Å²) >= 11 is 0. The highest BCUT2D eigenvalue weighted by molar-refractivity contribution is 6.03. The lowest BCUT2D eigenvalue weighted by atomic mass is 10.1. The number of carbonyl (C=O) groups is 3. The van der Waals surface area contributed by atoms with Gasteiger partial charge < -0.3 is 19.6 Å². The maximum Gasteiger partial charge on any atom is 0.225 e. The summed E-state index contributed by atoms with van der Waals surface area (Å²) in [6.45, 7) is 2.10. The number of anilines is 2. The fraction of sp³-hybridized carbons (Fsp3) is 0.520. The molecule has 33 heavy (non-hydrogen) atoms. The lowest BCUT2D eigenvalue weighted by molar-refractivity contribution is -0.142. The molecule has 3 aliphatic rings. The van der Waals surface area contributed by atoms with Crippen molar-refractivity contribution >= 4 is 29.0 Å². The van der Waals surface area contributed by atoms with Gasteiger partial charge in [-0.3, -0.25) is 14.4 Å². The quantitative estimate of drug-likeness (QED) is 0.507. The number of ketones is 1. The second-order valence-corrected chi connectivity index (χ2v) is 9.03. The van der Waals surface area contributed by atoms with Crippen molar-refractivity contribution in [2.75, 3.05) is 50.1 Å². The van der Waals surface area contributed by atoms with Crippen LogP contribution in [0, 0.1) is 17.2 Å². The van der Waals surface area contributed by atoms with Gasteiger partial charge in [0.1, 0.15) is 17.5 Å². The highest BCUT2D eigenvalue weighted by Gasteiger charge is 2.33. The molecule has 4 rings (SSSR count). The lowest BCUT2D eigenvalue weighted by Gasteiger charge is -2.36. The van der Waals surface area contributed by atoms with Crippen LogP contribution in [0.4, 0.5) is 11.4 Å². The van der Waals surface area contributed by atoms with Crippen LogP contribution in [-0.2, 0) is 14.4 Å². The number of allylic oxidation sites excluding steroid dienone is 1. The van der Waals surface area contributed by atoms with Crippen molar-refractivity contribution in [3.63, 3.8) is 0 Å². The molecule has 8 heteroatoms. The van der Waals surface area contributed by atoms with E-state index in [0.717, 1.165) is 37.1 Å². The van der Waals surface area contributed by atoms with Gasteiger partial charge in [0.15, 0.2) is 5.78 Å². The first-order valence-corrected chi connectivity index (χ1v) is 11.7. The molecule has 174 valence electrons. The van der Waals surface area contributed by atoms with Gasteiger partial charge in [-0.25, -0.2) is 0 Å². The first-order valence-electron chi connectivity index (χ1n) is 11.7. The normalized spacial score (nSPS) is 18.4. The van der Waals surface area contributed by atoms with Gasteiger partial charge in [-0.2, -0.15) is 5.26 Å². The van der Waals surface area contributed by atoms with Crippen LogP contribution in [-0.4, -0.2) is 67.7 Å². The molecule has 2 heterocycles. The number of carbonyl (C=O) groups excluding carboxylic acids is 3. The third kappa shape index (κ3) is 4.45. The second kappa shape index (κ2) is 9.65. The molecule has 2 aliphatic heterocycles. The third-order valence-corrected chi connectivity index (χ3v) is 7.07. The summed E-state index contributed by atoms with van der Waals surface area (Å²) in [7, 11) is 3.67. The summed E-state index contributed by atoms with van der Waals surface area (Å²) < 4.78 is 0. The molecule has 0 unspecified atom stereocenters. The molecule has 1 aromatic carbocycles. The first-order chi connectivity index (χ1) is 15.9. The molecule has 0 radical (unpaired) electrons. The van der Waals surface area contributed by atoms with Crippen LogP contribution < -0.4 is 9.80 Å². The van der Waals surface area contributed by atoms with E-state index in [1.165, 1.54) is 0 Å². The Kier molecular flexibility index (Phi) is 6.68. The molecule has 0 spiro atoms. The zero-order valence-corrected chi connectivity index (χ0v) is 19.4. The number of hydrogen-bond acceptors (Lipinski definition) is 6. The van der Waals surface area contributed by atoms with E-state index in [1.54, 1.807) is 4.90 Å². The maximum absolute atomic E-state index is 12.9. The van der Waals surface area contributed by atoms with E-state index < -0.39 is 0 Å². The topological polar surface area (TPSA) is 88.0 Å². The Hall–Kier alpha value is -3.34. The second-order valence-electron chi connectivity index (χ2n) is 9.03. The zero-order chi connectivity index (χ0) is 23.5. The third-order valence-electron chi connectivity index (χ3n) is 7.07. The van der Waals surface area contributed by atoms with Crippen LogP contribution in [0.3, 0.4) is 0 Å². The van der Waals surface area contributed by atoms with Gasteiger partial charge in [-0.05, 0) is 25.0 Å². The SMILES string of the molecule is CN1C(=C(C#N)C(=O)CCC(=O)N2CCN(C(=O)C3CCCC3)CC2)N(C)c2ccccc21. The van der Waals surface area contributed by atoms with Crippen LogP contribution in [0.15, 0.2) is 35.7 Å². The minimum absolute atomic E-state index is 0.00945. The van der Waals surface area contributed by atoms with Crippen molar-refractivity contribution in [2.45, 2.75) is 38.5 Å². The first kappa shape index (κ1) is 22.8. The van der Waals surface area contributed by atoms with E-state index in [4.69, 9.17) is 0 Å². The van der Waals surface area contributed by atoms with Gasteiger partial charge in [0.2, 0.25) is 11.8 Å². The van der Waals surface area contributed by atoms with Crippen molar-refractivity contribution in [1.82, 2.24) is 9.80 Å². The molecule has 2 amide bonds. The van der Waals surface area contributed by atoms with E-state index in [0.29, 0.717) is 32.0 Å². The molecular formula is C25H31N5O3. The predicted molar refractivity (Wildman–Crippen MR) is 125 cm³/mol. The predicted octanol–water partition coefficient (Wildman–Crippen LogP) is 2.52. The summed E-state index contributed by atoms with van der Waals surface area (Å²) in [4.78, 5) is 45.5. The number of amides is 2. The molecule has 8 nitrogen and oxygen atoms in total. The van der Waals surface area contributed by atoms with Crippen molar-refractivity contribution in [3.8, 4) is 6.07 Å². The number of nitriles is 1.